The fraction of sp³-hybridized carbons (Fsp3) is 0. The fourth-order valence-electron chi connectivity index (χ4n) is 7.24. The van der Waals surface area contributed by atoms with E-state index in [2.05, 4.69) is 109 Å². The van der Waals surface area contributed by atoms with Crippen LogP contribution < -0.4 is 0 Å². The first-order valence-electron chi connectivity index (χ1n) is 17.1. The molecule has 5 heteroatoms. The lowest BCUT2D eigenvalue weighted by Crippen LogP contribution is -2.08. The maximum Gasteiger partial charge on any atom is 0.240 e. The number of rotatable bonds is 5. The molecule has 10 aromatic rings. The average molecular weight is 652 g/mol. The summed E-state index contributed by atoms with van der Waals surface area (Å²) in [6.07, 6.45) is 0. The van der Waals surface area contributed by atoms with Crippen LogP contribution in [0.5, 0.6) is 0 Å². The molecule has 2 heterocycles. The van der Waals surface area contributed by atoms with Crippen LogP contribution in [0.2, 0.25) is 0 Å². The van der Waals surface area contributed by atoms with E-state index in [4.69, 9.17) is 19.9 Å². The number of hydrogen-bond donors (Lipinski definition) is 0. The monoisotopic (exact) mass is 651 g/mol. The Kier molecular flexibility index (Phi) is 6.74. The second kappa shape index (κ2) is 11.9. The SMILES string of the molecule is c1ccc(-c2nc(-c3cccc(-c4ccc5c6ccccc6c6ccccc6c5c4)c3)nc(-n3c(-c4ccccc4)nc4ccccc43)n2)cc1. The van der Waals surface area contributed by atoms with Gasteiger partial charge in [-0.25, -0.2) is 9.97 Å². The number of fused-ring (bicyclic) bond motifs is 7. The molecular weight excluding hydrogens is 623 g/mol. The Labute approximate surface area is 294 Å². The average Bonchev–Trinajstić information content (AvgIpc) is 3.61. The standard InChI is InChI=1S/C46H29N5/c1-3-14-30(15-4-1)43-48-44(50-46(49-43)51-42-25-12-11-24-41(42)47-45(51)31-16-5-2-6-17-31)34-19-13-18-32(28-34)33-26-27-39-37-22-8-7-20-35(37)36-21-9-10-23-38(36)40(39)29-33/h1-29H. The minimum atomic E-state index is 0.515. The fourth-order valence-corrected chi connectivity index (χ4v) is 7.24. The molecule has 0 fully saturated rings. The maximum atomic E-state index is 5.17. The Hall–Kier alpha value is -6.98. The lowest BCUT2D eigenvalue weighted by molar-refractivity contribution is 0.929. The van der Waals surface area contributed by atoms with Crippen molar-refractivity contribution in [1.82, 2.24) is 24.5 Å². The number of imidazole rings is 1. The minimum Gasteiger partial charge on any atom is -0.260 e. The molecule has 238 valence electrons. The van der Waals surface area contributed by atoms with Crippen molar-refractivity contribution in [3.63, 3.8) is 0 Å². The van der Waals surface area contributed by atoms with Gasteiger partial charge >= 0.3 is 0 Å². The van der Waals surface area contributed by atoms with Crippen molar-refractivity contribution in [2.45, 2.75) is 0 Å². The zero-order chi connectivity index (χ0) is 33.7. The lowest BCUT2D eigenvalue weighted by Gasteiger charge is -2.13. The zero-order valence-corrected chi connectivity index (χ0v) is 27.5. The van der Waals surface area contributed by atoms with Gasteiger partial charge in [0, 0.05) is 16.7 Å². The van der Waals surface area contributed by atoms with Crippen molar-refractivity contribution in [2.24, 2.45) is 0 Å². The van der Waals surface area contributed by atoms with Gasteiger partial charge in [0.1, 0.15) is 5.82 Å². The van der Waals surface area contributed by atoms with Gasteiger partial charge in [-0.05, 0) is 67.7 Å². The number of nitrogens with zero attached hydrogens (tertiary/aromatic N) is 5. The van der Waals surface area contributed by atoms with Crippen molar-refractivity contribution in [3.8, 4) is 51.2 Å². The van der Waals surface area contributed by atoms with Crippen molar-refractivity contribution in [2.75, 3.05) is 0 Å². The van der Waals surface area contributed by atoms with Gasteiger partial charge < -0.3 is 0 Å². The van der Waals surface area contributed by atoms with E-state index in [0.29, 0.717) is 17.6 Å². The van der Waals surface area contributed by atoms with Gasteiger partial charge in [0.15, 0.2) is 11.6 Å². The molecule has 10 rings (SSSR count). The van der Waals surface area contributed by atoms with E-state index in [1.807, 2.05) is 71.3 Å². The summed E-state index contributed by atoms with van der Waals surface area (Å²) in [6.45, 7) is 0. The van der Waals surface area contributed by atoms with E-state index in [-0.39, 0.29) is 0 Å². The molecule has 5 nitrogen and oxygen atoms in total. The second-order valence-corrected chi connectivity index (χ2v) is 12.7. The molecule has 0 saturated heterocycles. The number of para-hydroxylation sites is 2. The Morgan fingerprint density at radius 1 is 0.314 bits per heavy atom. The van der Waals surface area contributed by atoms with Crippen LogP contribution in [-0.4, -0.2) is 24.5 Å². The third kappa shape index (κ3) is 4.94. The first kappa shape index (κ1) is 29.0. The molecule has 0 N–H and O–H groups in total. The molecule has 51 heavy (non-hydrogen) atoms. The molecule has 0 aliphatic heterocycles. The summed E-state index contributed by atoms with van der Waals surface area (Å²) in [5, 5.41) is 7.54. The van der Waals surface area contributed by atoms with E-state index in [9.17, 15) is 0 Å². The third-order valence-corrected chi connectivity index (χ3v) is 9.65. The van der Waals surface area contributed by atoms with E-state index in [1.54, 1.807) is 0 Å². The van der Waals surface area contributed by atoms with E-state index >= 15 is 0 Å². The molecule has 0 amide bonds. The van der Waals surface area contributed by atoms with Crippen LogP contribution in [0.25, 0.3) is 94.6 Å². The summed E-state index contributed by atoms with van der Waals surface area (Å²) in [7, 11) is 0. The topological polar surface area (TPSA) is 56.5 Å². The van der Waals surface area contributed by atoms with E-state index < -0.39 is 0 Å². The highest BCUT2D eigenvalue weighted by Crippen LogP contribution is 2.38. The third-order valence-electron chi connectivity index (χ3n) is 9.65. The summed E-state index contributed by atoms with van der Waals surface area (Å²) in [5.41, 5.74) is 6.83. The van der Waals surface area contributed by atoms with Gasteiger partial charge in [-0.3, -0.25) is 4.57 Å². The highest BCUT2D eigenvalue weighted by Gasteiger charge is 2.20. The molecule has 0 aliphatic carbocycles. The summed E-state index contributed by atoms with van der Waals surface area (Å²) in [4.78, 5) is 20.4. The first-order valence-corrected chi connectivity index (χ1v) is 17.1. The van der Waals surface area contributed by atoms with Crippen molar-refractivity contribution < 1.29 is 0 Å². The maximum absolute atomic E-state index is 5.17. The predicted octanol–water partition coefficient (Wildman–Crippen LogP) is 11.3. The Balaban J connectivity index is 1.17. The molecule has 0 saturated carbocycles. The van der Waals surface area contributed by atoms with Crippen LogP contribution in [0.4, 0.5) is 0 Å². The molecule has 0 aliphatic rings. The van der Waals surface area contributed by atoms with Gasteiger partial charge in [0.2, 0.25) is 5.95 Å². The van der Waals surface area contributed by atoms with Crippen LogP contribution in [-0.2, 0) is 0 Å². The molecular formula is C46H29N5. The van der Waals surface area contributed by atoms with Crippen molar-refractivity contribution in [1.29, 1.82) is 0 Å². The number of hydrogen-bond acceptors (Lipinski definition) is 4. The predicted molar refractivity (Wildman–Crippen MR) is 209 cm³/mol. The number of benzene rings is 8. The van der Waals surface area contributed by atoms with Gasteiger partial charge in [-0.15, -0.1) is 0 Å². The molecule has 8 aromatic carbocycles. The molecule has 0 spiro atoms. The molecule has 0 bridgehead atoms. The van der Waals surface area contributed by atoms with Gasteiger partial charge in [-0.1, -0.05) is 152 Å². The van der Waals surface area contributed by atoms with Gasteiger partial charge in [0.05, 0.1) is 11.0 Å². The quantitative estimate of drug-likeness (QED) is 0.174. The largest absolute Gasteiger partial charge is 0.260 e. The lowest BCUT2D eigenvalue weighted by atomic mass is 9.92. The summed E-state index contributed by atoms with van der Waals surface area (Å²) in [6, 6.07) is 61.1. The van der Waals surface area contributed by atoms with Crippen molar-refractivity contribution >= 4 is 43.4 Å². The molecule has 0 radical (unpaired) electrons. The summed E-state index contributed by atoms with van der Waals surface area (Å²) >= 11 is 0. The van der Waals surface area contributed by atoms with Crippen LogP contribution in [0.1, 0.15) is 0 Å². The zero-order valence-electron chi connectivity index (χ0n) is 27.5. The Bertz CT molecular complexity index is 2880. The Morgan fingerprint density at radius 2 is 0.824 bits per heavy atom. The van der Waals surface area contributed by atoms with Crippen molar-refractivity contribution in [3.05, 3.63) is 176 Å². The van der Waals surface area contributed by atoms with E-state index in [0.717, 1.165) is 44.7 Å². The normalized spacial score (nSPS) is 11.5. The van der Waals surface area contributed by atoms with E-state index in [1.165, 1.54) is 32.3 Å². The highest BCUT2D eigenvalue weighted by atomic mass is 15.2. The van der Waals surface area contributed by atoms with Crippen LogP contribution in [0.15, 0.2) is 176 Å². The summed E-state index contributed by atoms with van der Waals surface area (Å²) in [5.74, 6) is 2.48. The smallest absolute Gasteiger partial charge is 0.240 e. The first-order chi connectivity index (χ1) is 25.3. The molecule has 2 aromatic heterocycles. The van der Waals surface area contributed by atoms with Gasteiger partial charge in [-0.2, -0.15) is 9.97 Å². The minimum absolute atomic E-state index is 0.515. The molecule has 0 atom stereocenters. The summed E-state index contributed by atoms with van der Waals surface area (Å²) < 4.78 is 2.05. The van der Waals surface area contributed by atoms with Gasteiger partial charge in [0.25, 0.3) is 0 Å². The Morgan fingerprint density at radius 3 is 1.53 bits per heavy atom. The van der Waals surface area contributed by atoms with Crippen LogP contribution in [0.3, 0.4) is 0 Å². The molecule has 0 unspecified atom stereocenters. The van der Waals surface area contributed by atoms with Crippen LogP contribution >= 0.6 is 0 Å². The number of aromatic nitrogens is 5. The second-order valence-electron chi connectivity index (χ2n) is 12.7. The van der Waals surface area contributed by atoms with Crippen LogP contribution in [0, 0.1) is 0 Å². The highest BCUT2D eigenvalue weighted by molar-refractivity contribution is 6.25.